The number of hydrogen-bond acceptors (Lipinski definition) is 3. The number of hydrogen-bond donors (Lipinski definition) is 1. The van der Waals surface area contributed by atoms with Gasteiger partial charge in [0, 0.05) is 17.3 Å². The van der Waals surface area contributed by atoms with Crippen LogP contribution in [-0.4, -0.2) is 20.2 Å². The van der Waals surface area contributed by atoms with Crippen molar-refractivity contribution in [3.05, 3.63) is 53.9 Å². The fourth-order valence-corrected chi connectivity index (χ4v) is 2.06. The molecule has 2 aromatic heterocycles. The van der Waals surface area contributed by atoms with E-state index >= 15 is 0 Å². The molecule has 0 unspecified atom stereocenters. The Labute approximate surface area is 136 Å². The summed E-state index contributed by atoms with van der Waals surface area (Å²) in [5.74, 6) is 0.0784. The zero-order valence-corrected chi connectivity index (χ0v) is 12.2. The van der Waals surface area contributed by atoms with E-state index in [-0.39, 0.29) is 22.8 Å². The highest BCUT2D eigenvalue weighted by Crippen LogP contribution is 2.32. The molecule has 1 N–H and O–H groups in total. The second-order valence-electron chi connectivity index (χ2n) is 5.02. The molecule has 10 heteroatoms. The maximum Gasteiger partial charge on any atom is 0.433 e. The van der Waals surface area contributed by atoms with Crippen molar-refractivity contribution in [1.82, 2.24) is 20.2 Å². The molecule has 3 aromatic rings. The molecule has 1 aromatic carbocycles. The first-order valence-electron chi connectivity index (χ1n) is 6.78. The van der Waals surface area contributed by atoms with Crippen molar-refractivity contribution in [3.63, 3.8) is 0 Å². The Morgan fingerprint density at radius 3 is 2.20 bits per heavy atom. The lowest BCUT2D eigenvalue weighted by Gasteiger charge is -2.07. The normalized spacial score (nSPS) is 12.4. The van der Waals surface area contributed by atoms with Gasteiger partial charge in [0.1, 0.15) is 5.69 Å². The van der Waals surface area contributed by atoms with Crippen LogP contribution in [0, 0.1) is 0 Å². The van der Waals surface area contributed by atoms with Gasteiger partial charge in [0.2, 0.25) is 0 Å². The zero-order valence-electron chi connectivity index (χ0n) is 12.2. The van der Waals surface area contributed by atoms with E-state index in [1.165, 1.54) is 12.1 Å². The molecule has 25 heavy (non-hydrogen) atoms. The summed E-state index contributed by atoms with van der Waals surface area (Å²) in [7, 11) is 0. The average Bonchev–Trinajstić information content (AvgIpc) is 3.03. The number of aromatic nitrogens is 4. The molecule has 0 spiro atoms. The van der Waals surface area contributed by atoms with Gasteiger partial charge in [-0.05, 0) is 24.3 Å². The van der Waals surface area contributed by atoms with E-state index in [0.717, 1.165) is 30.5 Å². The molecular weight excluding hydrogens is 350 g/mol. The third-order valence-corrected chi connectivity index (χ3v) is 3.26. The first-order chi connectivity index (χ1) is 11.6. The number of benzene rings is 1. The highest BCUT2D eigenvalue weighted by Gasteiger charge is 2.32. The van der Waals surface area contributed by atoms with Gasteiger partial charge in [-0.1, -0.05) is 12.1 Å². The summed E-state index contributed by atoms with van der Waals surface area (Å²) >= 11 is 0. The smallest absolute Gasteiger partial charge is 0.259 e. The molecule has 0 bridgehead atoms. The fourth-order valence-electron chi connectivity index (χ4n) is 2.06. The Hall–Kier alpha value is -2.91. The van der Waals surface area contributed by atoms with E-state index in [0.29, 0.717) is 0 Å². The standard InChI is InChI=1S/C15H8F6N4/c16-14(17,18)10-3-1-2-8(6-10)12-23-13(25-24-12)9-4-5-11(22-7-9)15(19,20)21/h1-7H,(H,23,24,25). The summed E-state index contributed by atoms with van der Waals surface area (Å²) in [4.78, 5) is 7.30. The molecule has 0 saturated carbocycles. The minimum absolute atomic E-state index is 0.0219. The van der Waals surface area contributed by atoms with Crippen molar-refractivity contribution in [3.8, 4) is 22.8 Å². The van der Waals surface area contributed by atoms with E-state index in [1.807, 2.05) is 0 Å². The van der Waals surface area contributed by atoms with Gasteiger partial charge in [-0.2, -0.15) is 31.4 Å². The van der Waals surface area contributed by atoms with Gasteiger partial charge >= 0.3 is 12.4 Å². The number of H-pyrrole nitrogens is 1. The largest absolute Gasteiger partial charge is 0.433 e. The molecule has 3 rings (SSSR count). The molecule has 0 fully saturated rings. The maximum absolute atomic E-state index is 12.7. The van der Waals surface area contributed by atoms with Crippen molar-refractivity contribution in [2.75, 3.05) is 0 Å². The third kappa shape index (κ3) is 3.62. The lowest BCUT2D eigenvalue weighted by molar-refractivity contribution is -0.141. The molecule has 2 heterocycles. The van der Waals surface area contributed by atoms with Gasteiger partial charge in [-0.25, -0.2) is 4.98 Å². The minimum Gasteiger partial charge on any atom is -0.259 e. The Bertz CT molecular complexity index is 880. The molecule has 130 valence electrons. The van der Waals surface area contributed by atoms with Crippen molar-refractivity contribution in [1.29, 1.82) is 0 Å². The van der Waals surface area contributed by atoms with Crippen LogP contribution < -0.4 is 0 Å². The van der Waals surface area contributed by atoms with Crippen molar-refractivity contribution >= 4 is 0 Å². The van der Waals surface area contributed by atoms with E-state index in [4.69, 9.17) is 0 Å². The zero-order chi connectivity index (χ0) is 18.2. The molecule has 0 saturated heterocycles. The van der Waals surface area contributed by atoms with Crippen molar-refractivity contribution in [2.24, 2.45) is 0 Å². The summed E-state index contributed by atoms with van der Waals surface area (Å²) in [5, 5.41) is 6.27. The van der Waals surface area contributed by atoms with Gasteiger partial charge in [0.15, 0.2) is 11.6 Å². The quantitative estimate of drug-likeness (QED) is 0.683. The van der Waals surface area contributed by atoms with Crippen LogP contribution in [0.15, 0.2) is 42.6 Å². The van der Waals surface area contributed by atoms with Crippen LogP contribution in [-0.2, 0) is 12.4 Å². The topological polar surface area (TPSA) is 54.5 Å². The molecule has 0 aliphatic carbocycles. The van der Waals surface area contributed by atoms with Crippen molar-refractivity contribution < 1.29 is 26.3 Å². The van der Waals surface area contributed by atoms with Crippen LogP contribution >= 0.6 is 0 Å². The first-order valence-corrected chi connectivity index (χ1v) is 6.78. The van der Waals surface area contributed by atoms with Crippen LogP contribution in [0.4, 0.5) is 26.3 Å². The highest BCUT2D eigenvalue weighted by molar-refractivity contribution is 5.61. The molecule has 0 radical (unpaired) electrons. The maximum atomic E-state index is 12.7. The summed E-state index contributed by atoms with van der Waals surface area (Å²) in [6.07, 6.45) is -8.13. The minimum atomic E-state index is -4.57. The van der Waals surface area contributed by atoms with Crippen LogP contribution in [0.1, 0.15) is 11.3 Å². The van der Waals surface area contributed by atoms with Gasteiger partial charge in [-0.15, -0.1) is 0 Å². The van der Waals surface area contributed by atoms with E-state index < -0.39 is 23.6 Å². The summed E-state index contributed by atoms with van der Waals surface area (Å²) in [5.41, 5.74) is -1.57. The Morgan fingerprint density at radius 1 is 0.840 bits per heavy atom. The molecule has 4 nitrogen and oxygen atoms in total. The number of aromatic amines is 1. The van der Waals surface area contributed by atoms with E-state index in [1.54, 1.807) is 0 Å². The average molecular weight is 358 g/mol. The summed E-state index contributed by atoms with van der Waals surface area (Å²) < 4.78 is 75.7. The molecule has 0 aliphatic rings. The molecular formula is C15H8F6N4. The van der Waals surface area contributed by atoms with Gasteiger partial charge in [0.25, 0.3) is 0 Å². The van der Waals surface area contributed by atoms with Gasteiger partial charge in [0.05, 0.1) is 5.56 Å². The number of nitrogens with one attached hydrogen (secondary N) is 1. The Kier molecular flexibility index (Phi) is 3.97. The SMILES string of the molecule is FC(F)(F)c1cccc(-c2nc(-c3ccc(C(F)(F)F)nc3)n[nH]2)c1. The lowest BCUT2D eigenvalue weighted by Crippen LogP contribution is -2.07. The molecule has 0 amide bonds. The van der Waals surface area contributed by atoms with Crippen LogP contribution in [0.2, 0.25) is 0 Å². The van der Waals surface area contributed by atoms with Gasteiger partial charge < -0.3 is 0 Å². The number of alkyl halides is 6. The predicted molar refractivity (Wildman–Crippen MR) is 75.1 cm³/mol. The first kappa shape index (κ1) is 16.9. The number of rotatable bonds is 2. The second-order valence-corrected chi connectivity index (χ2v) is 5.02. The van der Waals surface area contributed by atoms with Crippen LogP contribution in [0.5, 0.6) is 0 Å². The van der Waals surface area contributed by atoms with E-state index in [9.17, 15) is 26.3 Å². The summed E-state index contributed by atoms with van der Waals surface area (Å²) in [6.45, 7) is 0. The Morgan fingerprint density at radius 2 is 1.60 bits per heavy atom. The number of pyridine rings is 1. The molecule has 0 aliphatic heterocycles. The van der Waals surface area contributed by atoms with Crippen LogP contribution in [0.25, 0.3) is 22.8 Å². The second kappa shape index (κ2) is 5.87. The third-order valence-electron chi connectivity index (χ3n) is 3.26. The summed E-state index contributed by atoms with van der Waals surface area (Å²) in [6, 6.07) is 6.35. The molecule has 0 atom stereocenters. The predicted octanol–water partition coefficient (Wildman–Crippen LogP) is 4.57. The number of halogens is 6. The monoisotopic (exact) mass is 358 g/mol. The fraction of sp³-hybridized carbons (Fsp3) is 0.133. The van der Waals surface area contributed by atoms with Crippen LogP contribution in [0.3, 0.4) is 0 Å². The number of nitrogens with zero attached hydrogens (tertiary/aromatic N) is 3. The van der Waals surface area contributed by atoms with Crippen molar-refractivity contribution in [2.45, 2.75) is 12.4 Å². The highest BCUT2D eigenvalue weighted by atomic mass is 19.4. The Balaban J connectivity index is 1.91. The lowest BCUT2D eigenvalue weighted by atomic mass is 10.1. The van der Waals surface area contributed by atoms with E-state index in [2.05, 4.69) is 20.2 Å². The van der Waals surface area contributed by atoms with Gasteiger partial charge in [-0.3, -0.25) is 10.1 Å².